The van der Waals surface area contributed by atoms with Crippen LogP contribution >= 0.6 is 0 Å². The molecule has 1 aliphatic heterocycles. The van der Waals surface area contributed by atoms with Gasteiger partial charge in [-0.3, -0.25) is 0 Å². The molecule has 0 saturated carbocycles. The Morgan fingerprint density at radius 1 is 1.33 bits per heavy atom. The third-order valence-electron chi connectivity index (χ3n) is 0.974. The van der Waals surface area contributed by atoms with Crippen molar-refractivity contribution in [2.75, 3.05) is 13.2 Å². The predicted molar refractivity (Wildman–Crippen MR) is 33.9 cm³/mol. The van der Waals surface area contributed by atoms with Crippen molar-refractivity contribution in [1.29, 1.82) is 0 Å². The van der Waals surface area contributed by atoms with Gasteiger partial charge in [-0.2, -0.15) is 0 Å². The highest BCUT2D eigenvalue weighted by Crippen LogP contribution is 2.02. The number of hydrogen-bond donors (Lipinski definition) is 0. The Balaban J connectivity index is 2.11. The van der Waals surface area contributed by atoms with E-state index in [9.17, 15) is 0 Å². The summed E-state index contributed by atoms with van der Waals surface area (Å²) in [6, 6.07) is 0. The van der Waals surface area contributed by atoms with E-state index in [4.69, 9.17) is 14.0 Å². The lowest BCUT2D eigenvalue weighted by atomic mass is 10.2. The van der Waals surface area contributed by atoms with Crippen molar-refractivity contribution in [1.82, 2.24) is 0 Å². The molecule has 0 spiro atoms. The molecule has 0 unspecified atom stereocenters. The normalized spacial score (nSPS) is 19.7. The van der Waals surface area contributed by atoms with Crippen molar-refractivity contribution >= 4 is 7.32 Å². The van der Waals surface area contributed by atoms with Crippen molar-refractivity contribution < 1.29 is 14.0 Å². The first-order valence-corrected chi connectivity index (χ1v) is 3.17. The summed E-state index contributed by atoms with van der Waals surface area (Å²) >= 11 is 0. The van der Waals surface area contributed by atoms with Gasteiger partial charge in [-0.05, 0) is 13.8 Å². The Kier molecular flexibility index (Phi) is 2.51. The van der Waals surface area contributed by atoms with Gasteiger partial charge in [0, 0.05) is 6.10 Å². The molecule has 4 heteroatoms. The first kappa shape index (κ1) is 7.06. The summed E-state index contributed by atoms with van der Waals surface area (Å²) in [6.07, 6.45) is 0.174. The minimum Gasteiger partial charge on any atom is -0.384 e. The molecule has 0 aromatic carbocycles. The molecule has 9 heavy (non-hydrogen) atoms. The maximum Gasteiger partial charge on any atom is 0.639 e. The van der Waals surface area contributed by atoms with Crippen molar-refractivity contribution in [3.05, 3.63) is 0 Å². The second kappa shape index (κ2) is 3.20. The quantitative estimate of drug-likeness (QED) is 0.507. The van der Waals surface area contributed by atoms with E-state index in [-0.39, 0.29) is 6.10 Å². The Hall–Kier alpha value is -0.0551. The molecule has 1 saturated heterocycles. The van der Waals surface area contributed by atoms with Crippen LogP contribution in [0.4, 0.5) is 0 Å². The molecular weight excluding hydrogens is 119 g/mol. The van der Waals surface area contributed by atoms with Gasteiger partial charge in [0.1, 0.15) is 0 Å². The highest BCUT2D eigenvalue weighted by molar-refractivity contribution is 6.37. The fourth-order valence-corrected chi connectivity index (χ4v) is 0.638. The van der Waals surface area contributed by atoms with Gasteiger partial charge >= 0.3 is 7.32 Å². The Morgan fingerprint density at radius 2 is 1.89 bits per heavy atom. The van der Waals surface area contributed by atoms with E-state index < -0.39 is 7.32 Å². The molecule has 0 atom stereocenters. The van der Waals surface area contributed by atoms with E-state index >= 15 is 0 Å². The van der Waals surface area contributed by atoms with E-state index in [1.807, 2.05) is 13.8 Å². The summed E-state index contributed by atoms with van der Waals surface area (Å²) in [6.45, 7) is 5.20. The fraction of sp³-hybridized carbons (Fsp3) is 1.00. The molecule has 1 aliphatic rings. The third kappa shape index (κ3) is 2.34. The van der Waals surface area contributed by atoms with E-state index in [1.54, 1.807) is 0 Å². The van der Waals surface area contributed by atoms with E-state index in [1.165, 1.54) is 0 Å². The van der Waals surface area contributed by atoms with Crippen LogP contribution in [0.1, 0.15) is 13.8 Å². The Morgan fingerprint density at radius 3 is 2.33 bits per heavy atom. The van der Waals surface area contributed by atoms with Crippen LogP contribution < -0.4 is 0 Å². The van der Waals surface area contributed by atoms with Crippen LogP contribution in [0.2, 0.25) is 0 Å². The molecule has 1 fully saturated rings. The maximum absolute atomic E-state index is 5.17. The van der Waals surface area contributed by atoms with E-state index in [0.717, 1.165) is 0 Å². The van der Waals surface area contributed by atoms with Gasteiger partial charge in [-0.15, -0.1) is 0 Å². The molecule has 0 radical (unpaired) electrons. The van der Waals surface area contributed by atoms with Crippen LogP contribution in [0.15, 0.2) is 0 Å². The number of rotatable bonds is 2. The zero-order chi connectivity index (χ0) is 6.69. The standard InChI is InChI=1S/C5H11BO3/c1-5(2)9-6-7-3-4-8-6/h5H,3-4H2,1-2H3. The summed E-state index contributed by atoms with van der Waals surface area (Å²) < 4.78 is 15.2. The fourth-order valence-electron chi connectivity index (χ4n) is 0.638. The van der Waals surface area contributed by atoms with Gasteiger partial charge < -0.3 is 14.0 Å². The monoisotopic (exact) mass is 130 g/mol. The first-order chi connectivity index (χ1) is 4.29. The van der Waals surface area contributed by atoms with Crippen LogP contribution in [0.3, 0.4) is 0 Å². The molecule has 0 aromatic heterocycles. The van der Waals surface area contributed by atoms with Crippen molar-refractivity contribution in [3.63, 3.8) is 0 Å². The van der Waals surface area contributed by atoms with Crippen LogP contribution in [-0.2, 0) is 14.0 Å². The lowest BCUT2D eigenvalue weighted by molar-refractivity contribution is 0.137. The minimum atomic E-state index is -0.412. The van der Waals surface area contributed by atoms with Crippen LogP contribution in [-0.4, -0.2) is 26.6 Å². The van der Waals surface area contributed by atoms with Crippen molar-refractivity contribution in [3.8, 4) is 0 Å². The highest BCUT2D eigenvalue weighted by atomic mass is 16.8. The van der Waals surface area contributed by atoms with Crippen LogP contribution in [0.5, 0.6) is 0 Å². The van der Waals surface area contributed by atoms with Gasteiger partial charge in [-0.1, -0.05) is 0 Å². The third-order valence-corrected chi connectivity index (χ3v) is 0.974. The summed E-state index contributed by atoms with van der Waals surface area (Å²) in [5.41, 5.74) is 0. The zero-order valence-electron chi connectivity index (χ0n) is 5.79. The molecular formula is C5H11BO3. The largest absolute Gasteiger partial charge is 0.639 e. The molecule has 0 amide bonds. The lowest BCUT2D eigenvalue weighted by Gasteiger charge is -2.07. The van der Waals surface area contributed by atoms with E-state index in [0.29, 0.717) is 13.2 Å². The topological polar surface area (TPSA) is 27.7 Å². The van der Waals surface area contributed by atoms with Crippen LogP contribution in [0, 0.1) is 0 Å². The van der Waals surface area contributed by atoms with Gasteiger partial charge in [0.15, 0.2) is 0 Å². The van der Waals surface area contributed by atoms with Crippen molar-refractivity contribution in [2.24, 2.45) is 0 Å². The average molecular weight is 130 g/mol. The SMILES string of the molecule is CC(C)OB1OCCO1. The zero-order valence-corrected chi connectivity index (χ0v) is 5.79. The number of hydrogen-bond acceptors (Lipinski definition) is 3. The second-order valence-corrected chi connectivity index (χ2v) is 2.22. The maximum atomic E-state index is 5.17. The summed E-state index contributed by atoms with van der Waals surface area (Å²) in [4.78, 5) is 0. The lowest BCUT2D eigenvalue weighted by Crippen LogP contribution is -2.23. The van der Waals surface area contributed by atoms with Gasteiger partial charge in [0.2, 0.25) is 0 Å². The van der Waals surface area contributed by atoms with Gasteiger partial charge in [0.25, 0.3) is 0 Å². The molecule has 0 aliphatic carbocycles. The van der Waals surface area contributed by atoms with Gasteiger partial charge in [0.05, 0.1) is 13.2 Å². The second-order valence-electron chi connectivity index (χ2n) is 2.22. The predicted octanol–water partition coefficient (Wildman–Crippen LogP) is 0.443. The Bertz CT molecular complexity index is 80.3. The summed E-state index contributed by atoms with van der Waals surface area (Å²) in [7, 11) is -0.412. The molecule has 3 nitrogen and oxygen atoms in total. The molecule has 1 heterocycles. The average Bonchev–Trinajstić information content (AvgIpc) is 2.15. The Labute approximate surface area is 55.5 Å². The van der Waals surface area contributed by atoms with Crippen molar-refractivity contribution in [2.45, 2.75) is 20.0 Å². The van der Waals surface area contributed by atoms with E-state index in [2.05, 4.69) is 0 Å². The first-order valence-electron chi connectivity index (χ1n) is 3.17. The smallest absolute Gasteiger partial charge is 0.384 e. The highest BCUT2D eigenvalue weighted by Gasteiger charge is 2.27. The minimum absolute atomic E-state index is 0.174. The molecule has 1 rings (SSSR count). The van der Waals surface area contributed by atoms with Crippen LogP contribution in [0.25, 0.3) is 0 Å². The molecule has 0 N–H and O–H groups in total. The molecule has 52 valence electrons. The summed E-state index contributed by atoms with van der Waals surface area (Å²) in [5.74, 6) is 0. The molecule has 0 bridgehead atoms. The summed E-state index contributed by atoms with van der Waals surface area (Å²) in [5, 5.41) is 0. The van der Waals surface area contributed by atoms with Gasteiger partial charge in [-0.25, -0.2) is 0 Å². The molecule has 0 aromatic rings.